The van der Waals surface area contributed by atoms with Gasteiger partial charge in [-0.3, -0.25) is 10.1 Å². The number of carbonyl (C=O) groups is 1. The molecule has 0 aromatic heterocycles. The molecule has 1 amide bonds. The van der Waals surface area contributed by atoms with E-state index in [9.17, 15) is 19.3 Å². The number of anilines is 1. The van der Waals surface area contributed by atoms with E-state index >= 15 is 0 Å². The molecule has 0 radical (unpaired) electrons. The smallest absolute Gasteiger partial charge is 0.407 e. The number of nitro groups is 1. The van der Waals surface area contributed by atoms with Crippen LogP contribution >= 0.6 is 0 Å². The Hall–Kier alpha value is -2.38. The van der Waals surface area contributed by atoms with Crippen LogP contribution in [0.1, 0.15) is 0 Å². The predicted molar refractivity (Wildman–Crippen MR) is 64.9 cm³/mol. The molecular weight excluding hydrogens is 257 g/mol. The summed E-state index contributed by atoms with van der Waals surface area (Å²) in [5.74, 6) is -0.669. The first-order valence-electron chi connectivity index (χ1n) is 5.66. The number of carboxylic acid groups (broad SMARTS) is 1. The molecule has 0 saturated carbocycles. The highest BCUT2D eigenvalue weighted by atomic mass is 19.1. The molecule has 8 heteroatoms. The quantitative estimate of drug-likeness (QED) is 0.650. The Bertz CT molecular complexity index is 515. The Morgan fingerprint density at radius 1 is 1.32 bits per heavy atom. The van der Waals surface area contributed by atoms with Gasteiger partial charge < -0.3 is 14.9 Å². The van der Waals surface area contributed by atoms with Crippen LogP contribution < -0.4 is 4.90 Å². The first-order chi connectivity index (χ1) is 8.99. The fraction of sp³-hybridized carbons (Fsp3) is 0.364. The fourth-order valence-electron chi connectivity index (χ4n) is 2.00. The average Bonchev–Trinajstić information content (AvgIpc) is 2.38. The minimum atomic E-state index is -0.996. The monoisotopic (exact) mass is 269 g/mol. The van der Waals surface area contributed by atoms with Crippen LogP contribution in [-0.2, 0) is 0 Å². The molecule has 19 heavy (non-hydrogen) atoms. The van der Waals surface area contributed by atoms with Crippen molar-refractivity contribution in [1.82, 2.24) is 4.90 Å². The van der Waals surface area contributed by atoms with Crippen LogP contribution in [0.2, 0.25) is 0 Å². The first-order valence-corrected chi connectivity index (χ1v) is 5.66. The third kappa shape index (κ3) is 2.72. The summed E-state index contributed by atoms with van der Waals surface area (Å²) in [5, 5.41) is 19.3. The van der Waals surface area contributed by atoms with Crippen molar-refractivity contribution in [2.75, 3.05) is 31.1 Å². The van der Waals surface area contributed by atoms with Crippen LogP contribution in [0.15, 0.2) is 18.2 Å². The molecule has 7 nitrogen and oxygen atoms in total. The standard InChI is InChI=1S/C11H12FN3O4/c12-9-7-8(15(18)19)1-2-10(9)13-3-5-14(6-4-13)11(16)17/h1-2,7H,3-6H2,(H,16,17). The van der Waals surface area contributed by atoms with Gasteiger partial charge in [0, 0.05) is 32.2 Å². The first kappa shape index (κ1) is 13.1. The van der Waals surface area contributed by atoms with Crippen LogP contribution in [0, 0.1) is 15.9 Å². The van der Waals surface area contributed by atoms with Crippen molar-refractivity contribution in [2.45, 2.75) is 0 Å². The third-order valence-corrected chi connectivity index (χ3v) is 3.03. The lowest BCUT2D eigenvalue weighted by Gasteiger charge is -2.34. The third-order valence-electron chi connectivity index (χ3n) is 3.03. The van der Waals surface area contributed by atoms with E-state index in [1.165, 1.54) is 17.0 Å². The van der Waals surface area contributed by atoms with E-state index in [1.807, 2.05) is 0 Å². The highest BCUT2D eigenvalue weighted by molar-refractivity contribution is 5.65. The predicted octanol–water partition coefficient (Wildman–Crippen LogP) is 1.53. The molecule has 0 atom stereocenters. The van der Waals surface area contributed by atoms with Gasteiger partial charge in [0.25, 0.3) is 5.69 Å². The summed E-state index contributed by atoms with van der Waals surface area (Å²) in [7, 11) is 0. The molecule has 1 fully saturated rings. The Labute approximate surface area is 108 Å². The summed E-state index contributed by atoms with van der Waals surface area (Å²) in [6.45, 7) is 1.29. The van der Waals surface area contributed by atoms with Crippen LogP contribution in [0.4, 0.5) is 20.6 Å². The Kier molecular flexibility index (Phi) is 3.50. The Morgan fingerprint density at radius 3 is 2.42 bits per heavy atom. The normalized spacial score (nSPS) is 15.4. The summed E-state index contributed by atoms with van der Waals surface area (Å²) >= 11 is 0. The second kappa shape index (κ2) is 5.09. The summed E-state index contributed by atoms with van der Waals surface area (Å²) < 4.78 is 13.8. The zero-order valence-corrected chi connectivity index (χ0v) is 9.95. The molecule has 1 aliphatic heterocycles. The van der Waals surface area contributed by atoms with Gasteiger partial charge in [-0.15, -0.1) is 0 Å². The highest BCUT2D eigenvalue weighted by Crippen LogP contribution is 2.24. The van der Waals surface area contributed by atoms with Crippen molar-refractivity contribution in [3.63, 3.8) is 0 Å². The van der Waals surface area contributed by atoms with Gasteiger partial charge in [0.15, 0.2) is 5.82 Å². The zero-order chi connectivity index (χ0) is 14.0. The summed E-state index contributed by atoms with van der Waals surface area (Å²) in [6.07, 6.45) is -0.996. The number of piperazine rings is 1. The number of nitro benzene ring substituents is 1. The van der Waals surface area contributed by atoms with Crippen molar-refractivity contribution in [3.05, 3.63) is 34.1 Å². The van der Waals surface area contributed by atoms with Gasteiger partial charge >= 0.3 is 6.09 Å². The number of nitrogens with zero attached hydrogens (tertiary/aromatic N) is 3. The number of amides is 1. The lowest BCUT2D eigenvalue weighted by atomic mass is 10.2. The molecule has 0 aliphatic carbocycles. The van der Waals surface area contributed by atoms with E-state index in [-0.39, 0.29) is 24.5 Å². The van der Waals surface area contributed by atoms with Crippen LogP contribution in [0.3, 0.4) is 0 Å². The van der Waals surface area contributed by atoms with Gasteiger partial charge in [0.2, 0.25) is 0 Å². The van der Waals surface area contributed by atoms with E-state index in [0.29, 0.717) is 13.1 Å². The number of rotatable bonds is 2. The zero-order valence-electron chi connectivity index (χ0n) is 9.95. The van der Waals surface area contributed by atoms with Gasteiger partial charge in [-0.25, -0.2) is 9.18 Å². The molecule has 1 aromatic rings. The molecule has 1 N–H and O–H groups in total. The second-order valence-corrected chi connectivity index (χ2v) is 4.15. The molecule has 2 rings (SSSR count). The second-order valence-electron chi connectivity index (χ2n) is 4.15. The largest absolute Gasteiger partial charge is 0.465 e. The van der Waals surface area contributed by atoms with Gasteiger partial charge in [0.05, 0.1) is 16.7 Å². The van der Waals surface area contributed by atoms with Crippen LogP contribution in [0.25, 0.3) is 0 Å². The minimum absolute atomic E-state index is 0.260. The van der Waals surface area contributed by atoms with Gasteiger partial charge in [-0.1, -0.05) is 0 Å². The SMILES string of the molecule is O=C(O)N1CCN(c2ccc([N+](=O)[O-])cc2F)CC1. The maximum Gasteiger partial charge on any atom is 0.407 e. The molecule has 1 saturated heterocycles. The number of hydrogen-bond acceptors (Lipinski definition) is 4. The van der Waals surface area contributed by atoms with E-state index < -0.39 is 16.8 Å². The van der Waals surface area contributed by atoms with E-state index in [4.69, 9.17) is 5.11 Å². The molecule has 1 aliphatic rings. The average molecular weight is 269 g/mol. The Balaban J connectivity index is 2.11. The summed E-state index contributed by atoms with van der Waals surface area (Å²) in [6, 6.07) is 3.46. The lowest BCUT2D eigenvalue weighted by molar-refractivity contribution is -0.385. The number of hydrogen-bond donors (Lipinski definition) is 1. The van der Waals surface area contributed by atoms with Crippen LogP contribution in [-0.4, -0.2) is 47.2 Å². The Morgan fingerprint density at radius 2 is 1.95 bits per heavy atom. The van der Waals surface area contributed by atoms with Crippen molar-refractivity contribution >= 4 is 17.5 Å². The van der Waals surface area contributed by atoms with E-state index in [1.54, 1.807) is 4.90 Å². The van der Waals surface area contributed by atoms with Gasteiger partial charge in [-0.2, -0.15) is 0 Å². The van der Waals surface area contributed by atoms with E-state index in [2.05, 4.69) is 0 Å². The lowest BCUT2D eigenvalue weighted by Crippen LogP contribution is -2.48. The molecule has 1 heterocycles. The fourth-order valence-corrected chi connectivity index (χ4v) is 2.00. The molecule has 0 bridgehead atoms. The number of non-ortho nitro benzene ring substituents is 1. The van der Waals surface area contributed by atoms with E-state index in [0.717, 1.165) is 6.07 Å². The minimum Gasteiger partial charge on any atom is -0.465 e. The van der Waals surface area contributed by atoms with Crippen molar-refractivity contribution in [1.29, 1.82) is 0 Å². The van der Waals surface area contributed by atoms with Crippen molar-refractivity contribution in [3.8, 4) is 0 Å². The molecule has 0 spiro atoms. The topological polar surface area (TPSA) is 86.9 Å². The molecular formula is C11H12FN3O4. The number of benzene rings is 1. The number of halogens is 1. The van der Waals surface area contributed by atoms with Gasteiger partial charge in [-0.05, 0) is 6.07 Å². The summed E-state index contributed by atoms with van der Waals surface area (Å²) in [5.41, 5.74) is -0.0407. The van der Waals surface area contributed by atoms with Gasteiger partial charge in [0.1, 0.15) is 0 Å². The molecule has 102 valence electrons. The molecule has 0 unspecified atom stereocenters. The molecule has 1 aromatic carbocycles. The highest BCUT2D eigenvalue weighted by Gasteiger charge is 2.23. The maximum absolute atomic E-state index is 13.8. The summed E-state index contributed by atoms with van der Waals surface area (Å²) in [4.78, 5) is 23.5. The van der Waals surface area contributed by atoms with Crippen molar-refractivity contribution < 1.29 is 19.2 Å². The van der Waals surface area contributed by atoms with Crippen molar-refractivity contribution in [2.24, 2.45) is 0 Å². The van der Waals surface area contributed by atoms with Crippen LogP contribution in [0.5, 0.6) is 0 Å². The maximum atomic E-state index is 13.8.